The fourth-order valence-corrected chi connectivity index (χ4v) is 7.66. The number of ether oxygens (including phenoxy) is 1. The fraction of sp³-hybridized carbons (Fsp3) is 0.186. The van der Waals surface area contributed by atoms with Gasteiger partial charge in [-0.05, 0) is 83.5 Å². The van der Waals surface area contributed by atoms with Crippen molar-refractivity contribution in [2.24, 2.45) is 0 Å². The third-order valence-electron chi connectivity index (χ3n) is 10.0. The van der Waals surface area contributed by atoms with E-state index < -0.39 is 17.8 Å². The number of carbonyl (C=O) groups is 3. The molecule has 0 spiro atoms. The number of nitrogens with one attached hydrogen (secondary N) is 1. The Kier molecular flexibility index (Phi) is 8.25. The number of anilines is 2. The summed E-state index contributed by atoms with van der Waals surface area (Å²) in [4.78, 5) is 44.5. The topological polar surface area (TPSA) is 79.0 Å². The molecule has 3 heterocycles. The third-order valence-corrected chi connectivity index (χ3v) is 10.0. The highest BCUT2D eigenvalue weighted by atomic mass is 16.5. The van der Waals surface area contributed by atoms with Crippen LogP contribution in [0.5, 0.6) is 5.75 Å². The zero-order valence-corrected chi connectivity index (χ0v) is 27.8. The Morgan fingerprint density at radius 3 is 1.96 bits per heavy atom. The van der Waals surface area contributed by atoms with E-state index in [1.165, 1.54) is 28.5 Å². The number of benzene rings is 5. The zero-order valence-electron chi connectivity index (χ0n) is 27.8. The van der Waals surface area contributed by atoms with Crippen molar-refractivity contribution in [3.8, 4) is 5.75 Å². The Hall–Kier alpha value is -5.95. The quantitative estimate of drug-likeness (QED) is 0.141. The van der Waals surface area contributed by atoms with Crippen LogP contribution in [0.1, 0.15) is 63.6 Å². The van der Waals surface area contributed by atoms with Crippen LogP contribution < -0.4 is 19.9 Å². The van der Waals surface area contributed by atoms with E-state index in [2.05, 4.69) is 64.8 Å². The number of imide groups is 2. The van der Waals surface area contributed by atoms with Gasteiger partial charge in [0.05, 0.1) is 5.69 Å². The highest BCUT2D eigenvalue weighted by Crippen LogP contribution is 2.50. The molecule has 0 bridgehead atoms. The number of urea groups is 1. The minimum atomic E-state index is -0.750. The van der Waals surface area contributed by atoms with Crippen LogP contribution >= 0.6 is 0 Å². The van der Waals surface area contributed by atoms with Crippen LogP contribution in [0.3, 0.4) is 0 Å². The summed E-state index contributed by atoms with van der Waals surface area (Å²) in [5, 5.41) is 2.43. The molecule has 0 saturated carbocycles. The van der Waals surface area contributed by atoms with Crippen molar-refractivity contribution >= 4 is 35.3 Å². The van der Waals surface area contributed by atoms with Gasteiger partial charge in [-0.25, -0.2) is 9.69 Å². The SMILES string of the molecule is Cc1cccc(COc2ccc(/C=C3\C(=O)NC(=O)N(c4cc5c6c(c4)[C@@H](c4ccccc4)CCN6CC[C@@H]5c4ccccc4)C3=O)cc2)c1. The number of hydrogen-bond acceptors (Lipinski definition) is 5. The molecule has 248 valence electrons. The molecular weight excluding hydrogens is 622 g/mol. The van der Waals surface area contributed by atoms with Gasteiger partial charge in [-0.2, -0.15) is 0 Å². The zero-order chi connectivity index (χ0) is 34.2. The molecule has 5 aromatic rings. The first-order chi connectivity index (χ1) is 24.4. The van der Waals surface area contributed by atoms with Crippen LogP contribution in [-0.2, 0) is 16.2 Å². The van der Waals surface area contributed by atoms with Crippen molar-refractivity contribution in [2.45, 2.75) is 38.2 Å². The average Bonchev–Trinajstić information content (AvgIpc) is 3.14. The Bertz CT molecular complexity index is 2050. The first-order valence-electron chi connectivity index (χ1n) is 17.2. The largest absolute Gasteiger partial charge is 0.489 e. The molecule has 2 atom stereocenters. The molecule has 0 radical (unpaired) electrons. The van der Waals surface area contributed by atoms with Gasteiger partial charge >= 0.3 is 6.03 Å². The Morgan fingerprint density at radius 1 is 0.740 bits per heavy atom. The van der Waals surface area contributed by atoms with Gasteiger partial charge in [-0.3, -0.25) is 14.9 Å². The Balaban J connectivity index is 1.15. The molecule has 50 heavy (non-hydrogen) atoms. The van der Waals surface area contributed by atoms with Crippen molar-refractivity contribution < 1.29 is 19.1 Å². The maximum Gasteiger partial charge on any atom is 0.335 e. The summed E-state index contributed by atoms with van der Waals surface area (Å²) in [6.07, 6.45) is 3.37. The Morgan fingerprint density at radius 2 is 1.36 bits per heavy atom. The number of aryl methyl sites for hydroxylation is 1. The summed E-state index contributed by atoms with van der Waals surface area (Å²) in [6.45, 7) is 4.33. The summed E-state index contributed by atoms with van der Waals surface area (Å²) in [7, 11) is 0. The van der Waals surface area contributed by atoms with E-state index in [-0.39, 0.29) is 17.4 Å². The molecule has 3 aliphatic rings. The monoisotopic (exact) mass is 659 g/mol. The molecular formula is C43H37N3O4. The number of rotatable bonds is 7. The van der Waals surface area contributed by atoms with Gasteiger partial charge in [0.1, 0.15) is 17.9 Å². The van der Waals surface area contributed by atoms with Crippen LogP contribution in [-0.4, -0.2) is 30.9 Å². The molecule has 3 aliphatic heterocycles. The van der Waals surface area contributed by atoms with Crippen molar-refractivity contribution in [1.82, 2.24) is 5.32 Å². The predicted molar refractivity (Wildman–Crippen MR) is 195 cm³/mol. The highest BCUT2D eigenvalue weighted by molar-refractivity contribution is 6.39. The van der Waals surface area contributed by atoms with E-state index in [1.54, 1.807) is 12.1 Å². The summed E-state index contributed by atoms with van der Waals surface area (Å²) in [5.41, 5.74) is 9.02. The lowest BCUT2D eigenvalue weighted by molar-refractivity contribution is -0.122. The first-order valence-corrected chi connectivity index (χ1v) is 17.2. The lowest BCUT2D eigenvalue weighted by Gasteiger charge is -2.44. The van der Waals surface area contributed by atoms with E-state index in [0.717, 1.165) is 47.5 Å². The van der Waals surface area contributed by atoms with Crippen molar-refractivity contribution in [1.29, 1.82) is 0 Å². The van der Waals surface area contributed by atoms with Crippen LogP contribution in [0.25, 0.3) is 6.08 Å². The normalized spacial score (nSPS) is 19.3. The van der Waals surface area contributed by atoms with E-state index in [0.29, 0.717) is 23.6 Å². The molecule has 7 nitrogen and oxygen atoms in total. The lowest BCUT2D eigenvalue weighted by Crippen LogP contribution is -2.54. The lowest BCUT2D eigenvalue weighted by atomic mass is 9.76. The third kappa shape index (κ3) is 5.96. The minimum Gasteiger partial charge on any atom is -0.489 e. The molecule has 4 amide bonds. The van der Waals surface area contributed by atoms with Gasteiger partial charge in [0.2, 0.25) is 0 Å². The maximum absolute atomic E-state index is 14.2. The van der Waals surface area contributed by atoms with Crippen LogP contribution in [0.2, 0.25) is 0 Å². The summed E-state index contributed by atoms with van der Waals surface area (Å²) in [6, 6.07) is 39.4. The molecule has 0 unspecified atom stereocenters. The summed E-state index contributed by atoms with van der Waals surface area (Å²) < 4.78 is 5.96. The van der Waals surface area contributed by atoms with E-state index in [4.69, 9.17) is 4.74 Å². The van der Waals surface area contributed by atoms with Gasteiger partial charge in [0, 0.05) is 30.6 Å². The summed E-state index contributed by atoms with van der Waals surface area (Å²) >= 11 is 0. The van der Waals surface area contributed by atoms with E-state index in [1.807, 2.05) is 61.5 Å². The molecule has 5 aromatic carbocycles. The molecule has 7 heteroatoms. The van der Waals surface area contributed by atoms with Gasteiger partial charge in [0.25, 0.3) is 11.8 Å². The van der Waals surface area contributed by atoms with Crippen LogP contribution in [0.4, 0.5) is 16.2 Å². The molecule has 0 aliphatic carbocycles. The van der Waals surface area contributed by atoms with Gasteiger partial charge in [0.15, 0.2) is 0 Å². The standard InChI is InChI=1S/C43H37N3O4/c1-28-9-8-10-30(23-28)27-50-34-17-15-29(16-18-34)24-39-41(47)44-43(49)46(42(39)48)33-25-37-35(31-11-4-2-5-12-31)19-21-45-22-20-36(38(26-33)40(37)45)32-13-6-3-7-14-32/h2-18,23-26,35-36H,19-22,27H2,1H3,(H,44,47,49)/b39-24+/t35-,36-/m1/s1. The smallest absolute Gasteiger partial charge is 0.335 e. The second-order valence-electron chi connectivity index (χ2n) is 13.3. The number of nitrogens with zero attached hydrogens (tertiary/aromatic N) is 2. The number of amides is 4. The number of barbiturate groups is 1. The van der Waals surface area contributed by atoms with Gasteiger partial charge < -0.3 is 9.64 Å². The van der Waals surface area contributed by atoms with Crippen molar-refractivity contribution in [2.75, 3.05) is 22.9 Å². The van der Waals surface area contributed by atoms with Crippen LogP contribution in [0, 0.1) is 6.92 Å². The van der Waals surface area contributed by atoms with Crippen molar-refractivity contribution in [3.05, 3.63) is 166 Å². The first kappa shape index (κ1) is 31.3. The number of carbonyl (C=O) groups excluding carboxylic acids is 3. The molecule has 8 rings (SSSR count). The molecule has 1 N–H and O–H groups in total. The van der Waals surface area contributed by atoms with Gasteiger partial charge in [-0.1, -0.05) is 103 Å². The maximum atomic E-state index is 14.2. The second kappa shape index (κ2) is 13.2. The minimum absolute atomic E-state index is 0.0990. The predicted octanol–water partition coefficient (Wildman–Crippen LogP) is 8.12. The fourth-order valence-electron chi connectivity index (χ4n) is 7.66. The number of hydrogen-bond donors (Lipinski definition) is 1. The molecule has 0 aromatic heterocycles. The highest BCUT2D eigenvalue weighted by Gasteiger charge is 2.40. The average molecular weight is 660 g/mol. The summed E-state index contributed by atoms with van der Waals surface area (Å²) in [5.74, 6) is -0.501. The van der Waals surface area contributed by atoms with Crippen molar-refractivity contribution in [3.63, 3.8) is 0 Å². The Labute approximate surface area is 291 Å². The van der Waals surface area contributed by atoms with Crippen LogP contribution in [0.15, 0.2) is 127 Å². The van der Waals surface area contributed by atoms with E-state index in [9.17, 15) is 14.4 Å². The van der Waals surface area contributed by atoms with E-state index >= 15 is 0 Å². The molecule has 1 fully saturated rings. The van der Waals surface area contributed by atoms with Gasteiger partial charge in [-0.15, -0.1) is 0 Å². The second-order valence-corrected chi connectivity index (χ2v) is 13.3. The molecule has 1 saturated heterocycles.